The van der Waals surface area contributed by atoms with Crippen LogP contribution < -0.4 is 14.8 Å². The minimum atomic E-state index is 0.535. The zero-order valence-corrected chi connectivity index (χ0v) is 12.0. The lowest BCUT2D eigenvalue weighted by atomic mass is 9.90. The predicted octanol–water partition coefficient (Wildman–Crippen LogP) is 2.32. The molecule has 0 aliphatic carbocycles. The molecule has 4 nitrogen and oxygen atoms in total. The SMILES string of the molecule is COCc1cc(C2CCCNC2)cc(OC)c1OC. The van der Waals surface area contributed by atoms with Crippen molar-refractivity contribution in [3.8, 4) is 11.5 Å². The highest BCUT2D eigenvalue weighted by Gasteiger charge is 2.19. The molecule has 1 heterocycles. The second-order valence-corrected chi connectivity index (χ2v) is 4.89. The number of piperidine rings is 1. The van der Waals surface area contributed by atoms with Crippen LogP contribution in [-0.2, 0) is 11.3 Å². The average molecular weight is 265 g/mol. The van der Waals surface area contributed by atoms with E-state index in [4.69, 9.17) is 14.2 Å². The minimum Gasteiger partial charge on any atom is -0.493 e. The maximum atomic E-state index is 5.45. The third-order valence-electron chi connectivity index (χ3n) is 3.65. The van der Waals surface area contributed by atoms with E-state index in [1.165, 1.54) is 18.4 Å². The average Bonchev–Trinajstić information content (AvgIpc) is 2.47. The van der Waals surface area contributed by atoms with Crippen molar-refractivity contribution in [2.24, 2.45) is 0 Å². The lowest BCUT2D eigenvalue weighted by Crippen LogP contribution is -2.28. The number of nitrogens with one attached hydrogen (secondary N) is 1. The van der Waals surface area contributed by atoms with Crippen molar-refractivity contribution in [3.05, 3.63) is 23.3 Å². The number of ether oxygens (including phenoxy) is 3. The van der Waals surface area contributed by atoms with Crippen molar-refractivity contribution in [2.75, 3.05) is 34.4 Å². The molecule has 1 N–H and O–H groups in total. The molecule has 1 aromatic carbocycles. The standard InChI is InChI=1S/C15H23NO3/c1-17-10-13-7-12(11-5-4-6-16-9-11)8-14(18-2)15(13)19-3/h7-8,11,16H,4-6,9-10H2,1-3H3. The Morgan fingerprint density at radius 3 is 2.63 bits per heavy atom. The molecule has 0 radical (unpaired) electrons. The van der Waals surface area contributed by atoms with E-state index in [1.807, 2.05) is 0 Å². The Kier molecular flexibility index (Phi) is 5.05. The highest BCUT2D eigenvalue weighted by molar-refractivity contribution is 5.50. The fourth-order valence-electron chi connectivity index (χ4n) is 2.70. The first-order chi connectivity index (χ1) is 9.30. The Morgan fingerprint density at radius 2 is 2.05 bits per heavy atom. The van der Waals surface area contributed by atoms with Gasteiger partial charge in [0.25, 0.3) is 0 Å². The van der Waals surface area contributed by atoms with Gasteiger partial charge >= 0.3 is 0 Å². The summed E-state index contributed by atoms with van der Waals surface area (Å²) in [6.45, 7) is 2.68. The van der Waals surface area contributed by atoms with Crippen LogP contribution in [0.1, 0.15) is 29.9 Å². The Morgan fingerprint density at radius 1 is 1.21 bits per heavy atom. The fourth-order valence-corrected chi connectivity index (χ4v) is 2.70. The molecule has 0 saturated carbocycles. The molecule has 0 aromatic heterocycles. The van der Waals surface area contributed by atoms with E-state index < -0.39 is 0 Å². The molecule has 0 bridgehead atoms. The van der Waals surface area contributed by atoms with Gasteiger partial charge in [0.05, 0.1) is 20.8 Å². The van der Waals surface area contributed by atoms with Crippen LogP contribution in [0.2, 0.25) is 0 Å². The van der Waals surface area contributed by atoms with E-state index in [0.29, 0.717) is 12.5 Å². The summed E-state index contributed by atoms with van der Waals surface area (Å²) >= 11 is 0. The van der Waals surface area contributed by atoms with Crippen molar-refractivity contribution in [1.29, 1.82) is 0 Å². The van der Waals surface area contributed by atoms with Crippen LogP contribution in [0.15, 0.2) is 12.1 Å². The molecule has 0 amide bonds. The van der Waals surface area contributed by atoms with Crippen LogP contribution in [0, 0.1) is 0 Å². The number of benzene rings is 1. The van der Waals surface area contributed by atoms with Crippen molar-refractivity contribution in [3.63, 3.8) is 0 Å². The first-order valence-electron chi connectivity index (χ1n) is 6.74. The molecule has 1 aliphatic heterocycles. The lowest BCUT2D eigenvalue weighted by molar-refractivity contribution is 0.180. The van der Waals surface area contributed by atoms with Crippen LogP contribution in [0.5, 0.6) is 11.5 Å². The van der Waals surface area contributed by atoms with E-state index in [0.717, 1.165) is 30.2 Å². The van der Waals surface area contributed by atoms with Crippen LogP contribution in [-0.4, -0.2) is 34.4 Å². The Labute approximate surface area is 115 Å². The van der Waals surface area contributed by atoms with E-state index >= 15 is 0 Å². The molecule has 1 aromatic rings. The maximum absolute atomic E-state index is 5.45. The largest absolute Gasteiger partial charge is 0.493 e. The summed E-state index contributed by atoms with van der Waals surface area (Å²) in [5.74, 6) is 2.11. The molecular formula is C15H23NO3. The number of hydrogen-bond donors (Lipinski definition) is 1. The van der Waals surface area contributed by atoms with E-state index in [9.17, 15) is 0 Å². The Hall–Kier alpha value is -1.26. The zero-order valence-electron chi connectivity index (χ0n) is 12.0. The predicted molar refractivity (Wildman–Crippen MR) is 75.1 cm³/mol. The van der Waals surface area contributed by atoms with Crippen molar-refractivity contribution < 1.29 is 14.2 Å². The first kappa shape index (κ1) is 14.2. The van der Waals surface area contributed by atoms with Gasteiger partial charge in [-0.05, 0) is 43.0 Å². The molecule has 106 valence electrons. The maximum Gasteiger partial charge on any atom is 0.166 e. The summed E-state index contributed by atoms with van der Waals surface area (Å²) in [5.41, 5.74) is 2.35. The summed E-state index contributed by atoms with van der Waals surface area (Å²) in [6.07, 6.45) is 2.44. The van der Waals surface area contributed by atoms with Crippen LogP contribution >= 0.6 is 0 Å². The van der Waals surface area contributed by atoms with Gasteiger partial charge in [0, 0.05) is 19.2 Å². The second-order valence-electron chi connectivity index (χ2n) is 4.89. The smallest absolute Gasteiger partial charge is 0.166 e. The summed E-state index contributed by atoms with van der Waals surface area (Å²) in [7, 11) is 5.04. The van der Waals surface area contributed by atoms with Crippen LogP contribution in [0.25, 0.3) is 0 Å². The van der Waals surface area contributed by atoms with E-state index in [2.05, 4.69) is 17.4 Å². The highest BCUT2D eigenvalue weighted by Crippen LogP contribution is 2.36. The summed E-state index contributed by atoms with van der Waals surface area (Å²) in [6, 6.07) is 4.28. The molecule has 1 fully saturated rings. The Balaban J connectivity index is 2.35. The monoisotopic (exact) mass is 265 g/mol. The number of hydrogen-bond acceptors (Lipinski definition) is 4. The summed E-state index contributed by atoms with van der Waals surface area (Å²) in [5, 5.41) is 3.45. The van der Waals surface area contributed by atoms with Crippen LogP contribution in [0.3, 0.4) is 0 Å². The summed E-state index contributed by atoms with van der Waals surface area (Å²) < 4.78 is 16.2. The molecule has 19 heavy (non-hydrogen) atoms. The Bertz CT molecular complexity index is 414. The van der Waals surface area contributed by atoms with Gasteiger partial charge in [0.2, 0.25) is 0 Å². The highest BCUT2D eigenvalue weighted by atomic mass is 16.5. The van der Waals surface area contributed by atoms with Crippen molar-refractivity contribution >= 4 is 0 Å². The molecule has 4 heteroatoms. The van der Waals surface area contributed by atoms with Gasteiger partial charge in [-0.1, -0.05) is 0 Å². The number of methoxy groups -OCH3 is 3. The van der Waals surface area contributed by atoms with Gasteiger partial charge in [0.15, 0.2) is 11.5 Å². The zero-order chi connectivity index (χ0) is 13.7. The van der Waals surface area contributed by atoms with E-state index in [-0.39, 0.29) is 0 Å². The van der Waals surface area contributed by atoms with Gasteiger partial charge in [-0.15, -0.1) is 0 Å². The normalized spacial score (nSPS) is 19.2. The molecule has 0 spiro atoms. The quantitative estimate of drug-likeness (QED) is 0.887. The number of rotatable bonds is 5. The first-order valence-corrected chi connectivity index (χ1v) is 6.74. The van der Waals surface area contributed by atoms with Gasteiger partial charge in [0.1, 0.15) is 0 Å². The van der Waals surface area contributed by atoms with Gasteiger partial charge in [-0.2, -0.15) is 0 Å². The van der Waals surface area contributed by atoms with Gasteiger partial charge in [-0.3, -0.25) is 0 Å². The third kappa shape index (κ3) is 3.19. The molecule has 1 aliphatic rings. The molecular weight excluding hydrogens is 242 g/mol. The lowest BCUT2D eigenvalue weighted by Gasteiger charge is -2.25. The summed E-state index contributed by atoms with van der Waals surface area (Å²) in [4.78, 5) is 0. The van der Waals surface area contributed by atoms with E-state index in [1.54, 1.807) is 21.3 Å². The van der Waals surface area contributed by atoms with Gasteiger partial charge in [-0.25, -0.2) is 0 Å². The van der Waals surface area contributed by atoms with Crippen molar-refractivity contribution in [2.45, 2.75) is 25.4 Å². The fraction of sp³-hybridized carbons (Fsp3) is 0.600. The molecule has 1 unspecified atom stereocenters. The molecule has 1 atom stereocenters. The van der Waals surface area contributed by atoms with Crippen LogP contribution in [0.4, 0.5) is 0 Å². The molecule has 1 saturated heterocycles. The van der Waals surface area contributed by atoms with Crippen molar-refractivity contribution in [1.82, 2.24) is 5.32 Å². The topological polar surface area (TPSA) is 39.7 Å². The minimum absolute atomic E-state index is 0.535. The third-order valence-corrected chi connectivity index (χ3v) is 3.65. The second kappa shape index (κ2) is 6.78. The van der Waals surface area contributed by atoms with Gasteiger partial charge < -0.3 is 19.5 Å². The molecule has 2 rings (SSSR count).